The molecule has 1 heterocycles. The summed E-state index contributed by atoms with van der Waals surface area (Å²) < 4.78 is 25.0. The van der Waals surface area contributed by atoms with E-state index in [1.165, 1.54) is 0 Å². The molecule has 0 fully saturated rings. The number of benzene rings is 2. The maximum Gasteiger partial charge on any atom is 0.188 e. The first-order chi connectivity index (χ1) is 9.25. The largest absolute Gasteiger partial charge is 0.223 e. The van der Waals surface area contributed by atoms with Crippen LogP contribution >= 0.6 is 0 Å². The van der Waals surface area contributed by atoms with Gasteiger partial charge in [-0.15, -0.1) is 0 Å². The summed E-state index contributed by atoms with van der Waals surface area (Å²) in [5.74, 6) is 0. The van der Waals surface area contributed by atoms with Gasteiger partial charge >= 0.3 is 0 Å². The first kappa shape index (κ1) is 13.4. The van der Waals surface area contributed by atoms with E-state index in [1.807, 2.05) is 44.2 Å². The molecular formula is C17H18O2S. The Morgan fingerprint density at radius 2 is 1.40 bits per heavy atom. The minimum atomic E-state index is -3.37. The van der Waals surface area contributed by atoms with E-state index in [9.17, 15) is 8.42 Å². The van der Waals surface area contributed by atoms with Gasteiger partial charge in [-0.3, -0.25) is 0 Å². The molecule has 0 bridgehead atoms. The van der Waals surface area contributed by atoms with Gasteiger partial charge in [-0.1, -0.05) is 35.9 Å². The normalized spacial score (nSPS) is 18.2. The van der Waals surface area contributed by atoms with Gasteiger partial charge in [0.2, 0.25) is 0 Å². The van der Waals surface area contributed by atoms with Crippen molar-refractivity contribution >= 4 is 9.84 Å². The molecule has 0 radical (unpaired) electrons. The van der Waals surface area contributed by atoms with Crippen LogP contribution in [-0.4, -0.2) is 8.42 Å². The van der Waals surface area contributed by atoms with Gasteiger partial charge in [-0.2, -0.15) is 0 Å². The first-order valence-corrected chi connectivity index (χ1v) is 8.20. The molecule has 2 aromatic rings. The summed E-state index contributed by atoms with van der Waals surface area (Å²) in [5, 5.41) is 0. The summed E-state index contributed by atoms with van der Waals surface area (Å²) in [7, 11) is -3.37. The predicted octanol–water partition coefficient (Wildman–Crippen LogP) is 3.99. The highest BCUT2D eigenvalue weighted by atomic mass is 32.2. The third-order valence-corrected chi connectivity index (χ3v) is 6.69. The van der Waals surface area contributed by atoms with Crippen molar-refractivity contribution in [3.05, 3.63) is 53.1 Å². The van der Waals surface area contributed by atoms with Crippen molar-refractivity contribution in [1.82, 2.24) is 0 Å². The van der Waals surface area contributed by atoms with Crippen LogP contribution in [0.1, 0.15) is 30.5 Å². The summed E-state index contributed by atoms with van der Waals surface area (Å²) in [4.78, 5) is 0.457. The number of sulfone groups is 1. The lowest BCUT2D eigenvalue weighted by atomic mass is 9.89. The van der Waals surface area contributed by atoms with Crippen molar-refractivity contribution in [2.75, 3.05) is 0 Å². The zero-order chi connectivity index (χ0) is 14.7. The molecule has 0 spiro atoms. The molecule has 104 valence electrons. The Morgan fingerprint density at radius 1 is 0.850 bits per heavy atom. The average Bonchev–Trinajstić information content (AvgIpc) is 2.37. The van der Waals surface area contributed by atoms with Crippen molar-refractivity contribution in [3.8, 4) is 11.1 Å². The van der Waals surface area contributed by atoms with Crippen molar-refractivity contribution in [2.45, 2.75) is 37.3 Å². The van der Waals surface area contributed by atoms with Crippen LogP contribution in [0.25, 0.3) is 11.1 Å². The Bertz CT molecular complexity index is 815. The molecule has 3 rings (SSSR count). The molecular weight excluding hydrogens is 268 g/mol. The molecule has 3 heteroatoms. The SMILES string of the molecule is Cc1ccc2c(c1)C(C)(C)S(=O)(=O)c1cc(C)ccc1-2. The van der Waals surface area contributed by atoms with E-state index >= 15 is 0 Å². The van der Waals surface area contributed by atoms with Crippen LogP contribution in [0, 0.1) is 13.8 Å². The van der Waals surface area contributed by atoms with Gasteiger partial charge in [0, 0.05) is 5.56 Å². The van der Waals surface area contributed by atoms with Gasteiger partial charge < -0.3 is 0 Å². The zero-order valence-corrected chi connectivity index (χ0v) is 13.0. The molecule has 0 aromatic heterocycles. The van der Waals surface area contributed by atoms with E-state index in [-0.39, 0.29) is 0 Å². The van der Waals surface area contributed by atoms with Gasteiger partial charge in [-0.25, -0.2) is 8.42 Å². The van der Waals surface area contributed by atoms with E-state index in [2.05, 4.69) is 0 Å². The number of aryl methyl sites for hydroxylation is 2. The van der Waals surface area contributed by atoms with Gasteiger partial charge in [0.05, 0.1) is 9.64 Å². The van der Waals surface area contributed by atoms with E-state index in [4.69, 9.17) is 0 Å². The molecule has 0 atom stereocenters. The van der Waals surface area contributed by atoms with Crippen LogP contribution in [0.15, 0.2) is 41.3 Å². The van der Waals surface area contributed by atoms with Crippen LogP contribution in [0.3, 0.4) is 0 Å². The van der Waals surface area contributed by atoms with Crippen molar-refractivity contribution < 1.29 is 8.42 Å². The lowest BCUT2D eigenvalue weighted by Gasteiger charge is -2.34. The predicted molar refractivity (Wildman–Crippen MR) is 81.6 cm³/mol. The summed E-state index contributed by atoms with van der Waals surface area (Å²) in [6, 6.07) is 11.7. The van der Waals surface area contributed by atoms with Crippen LogP contribution in [-0.2, 0) is 14.6 Å². The second kappa shape index (κ2) is 3.95. The van der Waals surface area contributed by atoms with Crippen LogP contribution < -0.4 is 0 Å². The van der Waals surface area contributed by atoms with E-state index in [1.54, 1.807) is 19.9 Å². The molecule has 0 saturated heterocycles. The van der Waals surface area contributed by atoms with Crippen molar-refractivity contribution in [3.63, 3.8) is 0 Å². The third kappa shape index (κ3) is 1.59. The van der Waals surface area contributed by atoms with E-state index in [0.717, 1.165) is 27.8 Å². The molecule has 0 aliphatic carbocycles. The fraction of sp³-hybridized carbons (Fsp3) is 0.294. The van der Waals surface area contributed by atoms with Crippen molar-refractivity contribution in [2.24, 2.45) is 0 Å². The maximum atomic E-state index is 13.0. The number of hydrogen-bond donors (Lipinski definition) is 0. The fourth-order valence-electron chi connectivity index (χ4n) is 2.89. The number of hydrogen-bond acceptors (Lipinski definition) is 2. The molecule has 0 N–H and O–H groups in total. The van der Waals surface area contributed by atoms with Crippen LogP contribution in [0.4, 0.5) is 0 Å². The Labute approximate surface area is 120 Å². The molecule has 1 aliphatic rings. The maximum absolute atomic E-state index is 13.0. The van der Waals surface area contributed by atoms with Gasteiger partial charge in [-0.05, 0) is 50.5 Å². The monoisotopic (exact) mass is 286 g/mol. The minimum absolute atomic E-state index is 0.457. The average molecular weight is 286 g/mol. The topological polar surface area (TPSA) is 34.1 Å². The smallest absolute Gasteiger partial charge is 0.188 e. The fourth-order valence-corrected chi connectivity index (χ4v) is 4.70. The summed E-state index contributed by atoms with van der Waals surface area (Å²) in [6.45, 7) is 7.51. The Kier molecular flexibility index (Phi) is 2.64. The molecule has 0 saturated carbocycles. The van der Waals surface area contributed by atoms with Gasteiger partial charge in [0.1, 0.15) is 0 Å². The summed E-state index contributed by atoms with van der Waals surface area (Å²) in [6.07, 6.45) is 0. The Hall–Kier alpha value is -1.61. The lowest BCUT2D eigenvalue weighted by molar-refractivity contribution is 0.552. The molecule has 0 amide bonds. The highest BCUT2D eigenvalue weighted by Gasteiger charge is 2.44. The number of fused-ring (bicyclic) bond motifs is 3. The highest BCUT2D eigenvalue weighted by molar-refractivity contribution is 7.92. The summed E-state index contributed by atoms with van der Waals surface area (Å²) in [5.41, 5.74) is 4.81. The Balaban J connectivity index is 2.50. The van der Waals surface area contributed by atoms with Crippen LogP contribution in [0.5, 0.6) is 0 Å². The number of rotatable bonds is 0. The molecule has 20 heavy (non-hydrogen) atoms. The third-order valence-electron chi connectivity index (χ3n) is 4.21. The van der Waals surface area contributed by atoms with E-state index < -0.39 is 14.6 Å². The summed E-state index contributed by atoms with van der Waals surface area (Å²) >= 11 is 0. The zero-order valence-electron chi connectivity index (χ0n) is 12.2. The highest BCUT2D eigenvalue weighted by Crippen LogP contribution is 2.48. The van der Waals surface area contributed by atoms with Gasteiger partial charge in [0.25, 0.3) is 0 Å². The second-order valence-electron chi connectivity index (χ2n) is 6.06. The van der Waals surface area contributed by atoms with Gasteiger partial charge in [0.15, 0.2) is 9.84 Å². The quantitative estimate of drug-likeness (QED) is 0.733. The molecule has 0 unspecified atom stereocenters. The van der Waals surface area contributed by atoms with E-state index in [0.29, 0.717) is 4.90 Å². The molecule has 2 nitrogen and oxygen atoms in total. The van der Waals surface area contributed by atoms with Crippen LogP contribution in [0.2, 0.25) is 0 Å². The lowest BCUT2D eigenvalue weighted by Crippen LogP contribution is -2.33. The Morgan fingerprint density at radius 3 is 2.05 bits per heavy atom. The standard InChI is InChI=1S/C17H18O2S/c1-11-5-7-13-14-8-6-12(2)10-16(14)20(18,19)17(3,4)15(13)9-11/h5-10H,1-4H3. The van der Waals surface area contributed by atoms with Crippen molar-refractivity contribution in [1.29, 1.82) is 0 Å². The molecule has 1 aliphatic heterocycles. The molecule has 2 aromatic carbocycles. The minimum Gasteiger partial charge on any atom is -0.223 e. The first-order valence-electron chi connectivity index (χ1n) is 6.72. The second-order valence-corrected chi connectivity index (χ2v) is 8.53.